The van der Waals surface area contributed by atoms with Crippen molar-refractivity contribution in [3.8, 4) is 17.0 Å². The number of benzene rings is 1. The molecule has 1 aromatic heterocycles. The molecule has 2 rings (SSSR count). The van der Waals surface area contributed by atoms with Crippen LogP contribution in [0.4, 0.5) is 11.5 Å². The summed E-state index contributed by atoms with van der Waals surface area (Å²) >= 11 is 0. The predicted octanol–water partition coefficient (Wildman–Crippen LogP) is 3.04. The Balaban J connectivity index is 2.38. The molecule has 0 aliphatic heterocycles. The van der Waals surface area contributed by atoms with E-state index in [0.29, 0.717) is 5.75 Å². The number of rotatable bonds is 6. The molecule has 5 nitrogen and oxygen atoms in total. The van der Waals surface area contributed by atoms with E-state index in [1.807, 2.05) is 26.2 Å². The minimum Gasteiger partial charge on any atom is -0.491 e. The third-order valence-corrected chi connectivity index (χ3v) is 3.21. The highest BCUT2D eigenvalue weighted by Gasteiger charge is 2.13. The van der Waals surface area contributed by atoms with Crippen LogP contribution in [0.15, 0.2) is 30.6 Å². The zero-order chi connectivity index (χ0) is 15.2. The first kappa shape index (κ1) is 15.1. The van der Waals surface area contributed by atoms with E-state index in [4.69, 9.17) is 4.74 Å². The summed E-state index contributed by atoms with van der Waals surface area (Å²) < 4.78 is 5.51. The molecule has 0 amide bonds. The van der Waals surface area contributed by atoms with Gasteiger partial charge in [0.1, 0.15) is 12.0 Å². The maximum absolute atomic E-state index is 5.51. The summed E-state index contributed by atoms with van der Waals surface area (Å²) in [5.74, 6) is 1.42. The topological polar surface area (TPSA) is 50.3 Å². The Morgan fingerprint density at radius 1 is 1.14 bits per heavy atom. The molecule has 5 heteroatoms. The largest absolute Gasteiger partial charge is 0.491 e. The van der Waals surface area contributed by atoms with Gasteiger partial charge in [-0.25, -0.2) is 9.97 Å². The molecule has 0 spiro atoms. The summed E-state index contributed by atoms with van der Waals surface area (Å²) in [4.78, 5) is 10.7. The zero-order valence-electron chi connectivity index (χ0n) is 13.1. The minimum absolute atomic E-state index is 0.684. The van der Waals surface area contributed by atoms with Crippen molar-refractivity contribution >= 4 is 11.5 Å². The van der Waals surface area contributed by atoms with E-state index in [-0.39, 0.29) is 0 Å². The van der Waals surface area contributed by atoms with Crippen molar-refractivity contribution in [3.05, 3.63) is 30.6 Å². The van der Waals surface area contributed by atoms with Gasteiger partial charge in [0.05, 0.1) is 7.11 Å². The van der Waals surface area contributed by atoms with E-state index >= 15 is 0 Å². The smallest absolute Gasteiger partial charge is 0.187 e. The molecule has 0 radical (unpaired) electrons. The van der Waals surface area contributed by atoms with Gasteiger partial charge >= 0.3 is 0 Å². The van der Waals surface area contributed by atoms with Crippen LogP contribution in [-0.4, -0.2) is 37.7 Å². The lowest BCUT2D eigenvalue weighted by molar-refractivity contribution is 0.414. The number of nitrogens with zero attached hydrogens (tertiary/aromatic N) is 3. The number of ether oxygens (including phenoxy) is 1. The van der Waals surface area contributed by atoms with Crippen LogP contribution in [0, 0.1) is 0 Å². The highest BCUT2D eigenvalue weighted by molar-refractivity contribution is 5.73. The van der Waals surface area contributed by atoms with Gasteiger partial charge in [-0.2, -0.15) is 0 Å². The van der Waals surface area contributed by atoms with Gasteiger partial charge in [-0.3, -0.25) is 0 Å². The summed E-state index contributed by atoms with van der Waals surface area (Å²) in [5, 5.41) is 3.27. The molecular weight excluding hydrogens is 264 g/mol. The molecule has 21 heavy (non-hydrogen) atoms. The molecule has 2 aromatic rings. The molecular formula is C16H22N4O. The summed E-state index contributed by atoms with van der Waals surface area (Å²) in [6.07, 6.45) is 2.59. The fourth-order valence-electron chi connectivity index (χ4n) is 2.06. The third-order valence-electron chi connectivity index (χ3n) is 3.21. The zero-order valence-corrected chi connectivity index (χ0v) is 13.1. The highest BCUT2D eigenvalue weighted by Crippen LogP contribution is 2.33. The molecule has 0 saturated carbocycles. The molecule has 1 heterocycles. The van der Waals surface area contributed by atoms with Crippen LogP contribution in [-0.2, 0) is 0 Å². The van der Waals surface area contributed by atoms with E-state index in [1.54, 1.807) is 13.4 Å². The number of methoxy groups -OCH3 is 1. The Morgan fingerprint density at radius 2 is 1.86 bits per heavy atom. The van der Waals surface area contributed by atoms with Crippen LogP contribution in [0.2, 0.25) is 0 Å². The monoisotopic (exact) mass is 286 g/mol. The highest BCUT2D eigenvalue weighted by atomic mass is 16.5. The summed E-state index contributed by atoms with van der Waals surface area (Å²) in [7, 11) is 5.69. The Labute approximate surface area is 126 Å². The fraction of sp³-hybridized carbons (Fsp3) is 0.375. The van der Waals surface area contributed by atoms with E-state index in [1.165, 1.54) is 0 Å². The van der Waals surface area contributed by atoms with Gasteiger partial charge in [0.2, 0.25) is 0 Å². The van der Waals surface area contributed by atoms with Crippen LogP contribution < -0.4 is 15.0 Å². The van der Waals surface area contributed by atoms with Crippen molar-refractivity contribution in [2.24, 2.45) is 0 Å². The van der Waals surface area contributed by atoms with E-state index in [9.17, 15) is 0 Å². The summed E-state index contributed by atoms with van der Waals surface area (Å²) in [6, 6.07) is 8.22. The third kappa shape index (κ3) is 3.42. The quantitative estimate of drug-likeness (QED) is 0.884. The SMILES string of the molecule is CCCNc1ncnc(-c2ccc(N(C)C)cc2)c1OC. The number of anilines is 2. The average molecular weight is 286 g/mol. The fourth-order valence-corrected chi connectivity index (χ4v) is 2.06. The molecule has 0 unspecified atom stereocenters. The van der Waals surface area contributed by atoms with Crippen LogP contribution in [0.25, 0.3) is 11.3 Å². The first-order valence-electron chi connectivity index (χ1n) is 7.08. The lowest BCUT2D eigenvalue weighted by atomic mass is 10.1. The van der Waals surface area contributed by atoms with Crippen LogP contribution in [0.1, 0.15) is 13.3 Å². The van der Waals surface area contributed by atoms with Crippen molar-refractivity contribution in [1.29, 1.82) is 0 Å². The lowest BCUT2D eigenvalue weighted by Gasteiger charge is -2.15. The number of hydrogen-bond donors (Lipinski definition) is 1. The van der Waals surface area contributed by atoms with Crippen LogP contribution in [0.3, 0.4) is 0 Å². The van der Waals surface area contributed by atoms with Crippen molar-refractivity contribution < 1.29 is 4.74 Å². The standard InChI is InChI=1S/C16H22N4O/c1-5-10-17-16-15(21-4)14(18-11-19-16)12-6-8-13(9-7-12)20(2)3/h6-9,11H,5,10H2,1-4H3,(H,17,18,19). The molecule has 0 atom stereocenters. The van der Waals surface area contributed by atoms with Crippen molar-refractivity contribution in [1.82, 2.24) is 9.97 Å². The van der Waals surface area contributed by atoms with E-state index in [0.717, 1.165) is 35.7 Å². The first-order chi connectivity index (χ1) is 10.2. The van der Waals surface area contributed by atoms with Crippen LogP contribution in [0.5, 0.6) is 5.75 Å². The minimum atomic E-state index is 0.684. The maximum Gasteiger partial charge on any atom is 0.187 e. The van der Waals surface area contributed by atoms with E-state index in [2.05, 4.69) is 39.2 Å². The Kier molecular flexibility index (Phi) is 4.98. The van der Waals surface area contributed by atoms with E-state index < -0.39 is 0 Å². The Bertz CT molecular complexity index is 581. The van der Waals surface area contributed by atoms with Gasteiger partial charge in [-0.05, 0) is 18.6 Å². The van der Waals surface area contributed by atoms with Gasteiger partial charge in [0.25, 0.3) is 0 Å². The molecule has 0 fully saturated rings. The summed E-state index contributed by atoms with van der Waals surface area (Å²) in [6.45, 7) is 2.97. The maximum atomic E-state index is 5.51. The van der Waals surface area contributed by atoms with Gasteiger partial charge in [-0.15, -0.1) is 0 Å². The lowest BCUT2D eigenvalue weighted by Crippen LogP contribution is -2.08. The predicted molar refractivity (Wildman–Crippen MR) is 87.1 cm³/mol. The molecule has 0 bridgehead atoms. The second-order valence-electron chi connectivity index (χ2n) is 4.97. The Morgan fingerprint density at radius 3 is 2.43 bits per heavy atom. The molecule has 112 valence electrons. The van der Waals surface area contributed by atoms with Gasteiger partial charge in [-0.1, -0.05) is 19.1 Å². The van der Waals surface area contributed by atoms with Gasteiger partial charge in [0.15, 0.2) is 11.6 Å². The normalized spacial score (nSPS) is 10.3. The molecule has 0 aliphatic rings. The van der Waals surface area contributed by atoms with Gasteiger partial charge in [0, 0.05) is 31.9 Å². The number of nitrogens with one attached hydrogen (secondary N) is 1. The number of hydrogen-bond acceptors (Lipinski definition) is 5. The second-order valence-corrected chi connectivity index (χ2v) is 4.97. The first-order valence-corrected chi connectivity index (χ1v) is 7.08. The van der Waals surface area contributed by atoms with Crippen molar-refractivity contribution in [3.63, 3.8) is 0 Å². The summed E-state index contributed by atoms with van der Waals surface area (Å²) in [5.41, 5.74) is 2.96. The second kappa shape index (κ2) is 6.92. The van der Waals surface area contributed by atoms with Crippen LogP contribution >= 0.6 is 0 Å². The molecule has 1 aromatic carbocycles. The molecule has 1 N–H and O–H groups in total. The van der Waals surface area contributed by atoms with Crippen molar-refractivity contribution in [2.75, 3.05) is 38.0 Å². The molecule has 0 aliphatic carbocycles. The molecule has 0 saturated heterocycles. The number of aromatic nitrogens is 2. The Hall–Kier alpha value is -2.30. The van der Waals surface area contributed by atoms with Gasteiger partial charge < -0.3 is 15.0 Å². The van der Waals surface area contributed by atoms with Crippen molar-refractivity contribution in [2.45, 2.75) is 13.3 Å². The average Bonchev–Trinajstić information content (AvgIpc) is 2.52.